The van der Waals surface area contributed by atoms with Crippen molar-refractivity contribution in [1.82, 2.24) is 39.0 Å². The highest BCUT2D eigenvalue weighted by atomic mass is 32.2. The van der Waals surface area contributed by atoms with Crippen molar-refractivity contribution in [3.63, 3.8) is 0 Å². The van der Waals surface area contributed by atoms with Crippen LogP contribution in [0.4, 0.5) is 0 Å². The van der Waals surface area contributed by atoms with Gasteiger partial charge in [0.2, 0.25) is 0 Å². The number of nitrogens with zero attached hydrogens (tertiary/aromatic N) is 8. The zero-order valence-electron chi connectivity index (χ0n) is 16.7. The van der Waals surface area contributed by atoms with Gasteiger partial charge in [-0.15, -0.1) is 5.10 Å². The molecular weight excluding hydrogens is 408 g/mol. The van der Waals surface area contributed by atoms with E-state index in [-0.39, 0.29) is 17.5 Å². The van der Waals surface area contributed by atoms with Crippen molar-refractivity contribution in [3.8, 4) is 5.69 Å². The van der Waals surface area contributed by atoms with Crippen molar-refractivity contribution in [3.05, 3.63) is 48.2 Å². The minimum absolute atomic E-state index is 0.0384. The summed E-state index contributed by atoms with van der Waals surface area (Å²) in [5, 5.41) is 11.1. The number of imidazole rings is 1. The predicted octanol–water partition coefficient (Wildman–Crippen LogP) is 0.241. The summed E-state index contributed by atoms with van der Waals surface area (Å²) in [4.78, 5) is 18.9. The molecular formula is C18H22N8O3S. The first-order valence-electron chi connectivity index (χ1n) is 9.49. The molecule has 4 rings (SSSR count). The molecule has 0 saturated carbocycles. The molecule has 0 bridgehead atoms. The van der Waals surface area contributed by atoms with E-state index in [1.165, 1.54) is 21.5 Å². The van der Waals surface area contributed by atoms with Crippen molar-refractivity contribution >= 4 is 15.9 Å². The summed E-state index contributed by atoms with van der Waals surface area (Å²) in [5.41, 5.74) is 1.18. The van der Waals surface area contributed by atoms with Crippen LogP contribution in [-0.2, 0) is 17.1 Å². The quantitative estimate of drug-likeness (QED) is 0.582. The minimum Gasteiger partial charge on any atom is -0.337 e. The number of tetrazole rings is 1. The fourth-order valence-electron chi connectivity index (χ4n) is 3.36. The first-order valence-corrected chi connectivity index (χ1v) is 10.9. The zero-order chi connectivity index (χ0) is 21.3. The topological polar surface area (TPSA) is 119 Å². The third kappa shape index (κ3) is 3.83. The number of carbonyl (C=O) groups is 1. The first-order chi connectivity index (χ1) is 14.4. The molecule has 1 amide bonds. The number of hydrogen-bond acceptors (Lipinski definition) is 7. The number of amides is 1. The third-order valence-corrected chi connectivity index (χ3v) is 6.91. The van der Waals surface area contributed by atoms with Gasteiger partial charge in [0.25, 0.3) is 15.9 Å². The monoisotopic (exact) mass is 430 g/mol. The summed E-state index contributed by atoms with van der Waals surface area (Å²) in [6, 6.07) is 7.02. The molecule has 158 valence electrons. The summed E-state index contributed by atoms with van der Waals surface area (Å²) in [7, 11) is -1.94. The van der Waals surface area contributed by atoms with E-state index in [9.17, 15) is 13.2 Å². The zero-order valence-corrected chi connectivity index (χ0v) is 17.5. The van der Waals surface area contributed by atoms with Crippen LogP contribution in [0.5, 0.6) is 0 Å². The molecule has 11 nitrogen and oxygen atoms in total. The average molecular weight is 430 g/mol. The molecule has 1 aromatic carbocycles. The number of carbonyl (C=O) groups excluding carboxylic acids is 1. The van der Waals surface area contributed by atoms with E-state index >= 15 is 0 Å². The maximum atomic E-state index is 13.0. The normalized spacial score (nSPS) is 15.9. The maximum Gasteiger partial charge on any atom is 0.262 e. The molecule has 3 aromatic rings. The smallest absolute Gasteiger partial charge is 0.262 e. The van der Waals surface area contributed by atoms with Gasteiger partial charge in [-0.3, -0.25) is 4.79 Å². The Morgan fingerprint density at radius 2 is 1.97 bits per heavy atom. The second-order valence-corrected chi connectivity index (χ2v) is 8.98. The largest absolute Gasteiger partial charge is 0.337 e. The molecule has 1 aliphatic rings. The summed E-state index contributed by atoms with van der Waals surface area (Å²) in [5.74, 6) is 0.473. The molecule has 1 fully saturated rings. The summed E-state index contributed by atoms with van der Waals surface area (Å²) in [6.07, 6.45) is 3.52. The van der Waals surface area contributed by atoms with Gasteiger partial charge in [0.1, 0.15) is 12.2 Å². The Morgan fingerprint density at radius 1 is 1.13 bits per heavy atom. The summed E-state index contributed by atoms with van der Waals surface area (Å²) < 4.78 is 30.5. The van der Waals surface area contributed by atoms with Crippen LogP contribution in [0.3, 0.4) is 0 Å². The van der Waals surface area contributed by atoms with E-state index in [0.29, 0.717) is 43.1 Å². The fourth-order valence-corrected chi connectivity index (χ4v) is 4.86. The van der Waals surface area contributed by atoms with E-state index in [2.05, 4.69) is 20.5 Å². The van der Waals surface area contributed by atoms with Crippen LogP contribution in [0, 0.1) is 6.92 Å². The first kappa shape index (κ1) is 20.2. The Labute approximate surface area is 174 Å². The van der Waals surface area contributed by atoms with E-state index in [0.717, 1.165) is 0 Å². The number of aromatic nitrogens is 6. The number of aryl methyl sites for hydroxylation is 2. The molecule has 0 radical (unpaired) electrons. The standard InChI is InChI=1S/C18H22N8O3S/c1-14-20-17(12-23(14)2)30(28,29)25-8-4-7-24(9-10-25)18(27)15-5-3-6-16(11-15)26-13-19-21-22-26/h3,5-6,11-13H,4,7-10H2,1-2H3. The highest BCUT2D eigenvalue weighted by Gasteiger charge is 2.30. The van der Waals surface area contributed by atoms with Gasteiger partial charge in [-0.25, -0.2) is 18.1 Å². The van der Waals surface area contributed by atoms with Crippen LogP contribution in [0.25, 0.3) is 5.69 Å². The number of rotatable bonds is 4. The molecule has 0 spiro atoms. The lowest BCUT2D eigenvalue weighted by Gasteiger charge is -2.21. The van der Waals surface area contributed by atoms with Gasteiger partial charge in [0.05, 0.1) is 5.69 Å². The van der Waals surface area contributed by atoms with Gasteiger partial charge < -0.3 is 9.47 Å². The predicted molar refractivity (Wildman–Crippen MR) is 106 cm³/mol. The average Bonchev–Trinajstić information content (AvgIpc) is 3.31. The Hall–Kier alpha value is -3.12. The second kappa shape index (κ2) is 7.95. The van der Waals surface area contributed by atoms with Gasteiger partial charge in [0, 0.05) is 45.0 Å². The highest BCUT2D eigenvalue weighted by molar-refractivity contribution is 7.89. The Morgan fingerprint density at radius 3 is 2.67 bits per heavy atom. The number of sulfonamides is 1. The number of hydrogen-bond donors (Lipinski definition) is 0. The fraction of sp³-hybridized carbons (Fsp3) is 0.389. The van der Waals surface area contributed by atoms with Crippen LogP contribution in [0.15, 0.2) is 41.8 Å². The lowest BCUT2D eigenvalue weighted by molar-refractivity contribution is 0.0764. The van der Waals surface area contributed by atoms with E-state index in [1.807, 2.05) is 0 Å². The van der Waals surface area contributed by atoms with Gasteiger partial charge in [-0.1, -0.05) is 6.07 Å². The molecule has 0 aliphatic carbocycles. The van der Waals surface area contributed by atoms with Gasteiger partial charge in [-0.05, 0) is 42.0 Å². The molecule has 30 heavy (non-hydrogen) atoms. The highest BCUT2D eigenvalue weighted by Crippen LogP contribution is 2.18. The van der Waals surface area contributed by atoms with E-state index < -0.39 is 10.0 Å². The van der Waals surface area contributed by atoms with Crippen LogP contribution in [0.2, 0.25) is 0 Å². The molecule has 2 aromatic heterocycles. The minimum atomic E-state index is -3.70. The van der Waals surface area contributed by atoms with E-state index in [4.69, 9.17) is 0 Å². The molecule has 1 aliphatic heterocycles. The van der Waals surface area contributed by atoms with Crippen LogP contribution in [0.1, 0.15) is 22.6 Å². The lowest BCUT2D eigenvalue weighted by Crippen LogP contribution is -2.37. The SMILES string of the molecule is Cc1nc(S(=O)(=O)N2CCCN(C(=O)c3cccc(-n4cnnn4)c3)CC2)cn1C. The van der Waals surface area contributed by atoms with Crippen LogP contribution < -0.4 is 0 Å². The Kier molecular flexibility index (Phi) is 5.35. The van der Waals surface area contributed by atoms with Crippen molar-refractivity contribution < 1.29 is 13.2 Å². The molecule has 0 unspecified atom stereocenters. The Balaban J connectivity index is 1.49. The van der Waals surface area contributed by atoms with Crippen molar-refractivity contribution in [1.29, 1.82) is 0 Å². The summed E-state index contributed by atoms with van der Waals surface area (Å²) in [6.45, 7) is 3.09. The molecule has 3 heterocycles. The van der Waals surface area contributed by atoms with Gasteiger partial charge in [-0.2, -0.15) is 4.31 Å². The molecule has 0 N–H and O–H groups in total. The lowest BCUT2D eigenvalue weighted by atomic mass is 10.1. The molecule has 0 atom stereocenters. The van der Waals surface area contributed by atoms with Crippen molar-refractivity contribution in [2.45, 2.75) is 18.4 Å². The van der Waals surface area contributed by atoms with E-state index in [1.54, 1.807) is 47.7 Å². The van der Waals surface area contributed by atoms with Gasteiger partial charge in [0.15, 0.2) is 5.03 Å². The van der Waals surface area contributed by atoms with Gasteiger partial charge >= 0.3 is 0 Å². The molecule has 12 heteroatoms. The van der Waals surface area contributed by atoms with Crippen LogP contribution >= 0.6 is 0 Å². The third-order valence-electron chi connectivity index (χ3n) is 5.14. The van der Waals surface area contributed by atoms with Crippen LogP contribution in [-0.4, -0.2) is 79.5 Å². The number of benzene rings is 1. The van der Waals surface area contributed by atoms with Crippen molar-refractivity contribution in [2.24, 2.45) is 7.05 Å². The maximum absolute atomic E-state index is 13.0. The second-order valence-electron chi connectivity index (χ2n) is 7.09. The van der Waals surface area contributed by atoms with Crippen molar-refractivity contribution in [2.75, 3.05) is 26.2 Å². The molecule has 1 saturated heterocycles. The summed E-state index contributed by atoms with van der Waals surface area (Å²) >= 11 is 0. The Bertz CT molecular complexity index is 1140.